The Morgan fingerprint density at radius 3 is 2.68 bits per heavy atom. The van der Waals surface area contributed by atoms with E-state index in [9.17, 15) is 14.0 Å². The number of rotatable bonds is 6. The number of likely N-dealkylation sites (tertiary alicyclic amines) is 1. The molecule has 31 heavy (non-hydrogen) atoms. The van der Waals surface area contributed by atoms with Crippen LogP contribution in [0.15, 0.2) is 67.1 Å². The molecule has 2 heterocycles. The molecule has 0 N–H and O–H groups in total. The highest BCUT2D eigenvalue weighted by molar-refractivity contribution is 5.98. The molecule has 158 valence electrons. The minimum absolute atomic E-state index is 0.00811. The van der Waals surface area contributed by atoms with Crippen LogP contribution >= 0.6 is 0 Å². The molecule has 0 spiro atoms. The molecular formula is C25H24FN3O2. The molecule has 1 fully saturated rings. The van der Waals surface area contributed by atoms with Crippen LogP contribution < -0.4 is 0 Å². The summed E-state index contributed by atoms with van der Waals surface area (Å²) >= 11 is 0. The van der Waals surface area contributed by atoms with Gasteiger partial charge in [0.15, 0.2) is 5.78 Å². The summed E-state index contributed by atoms with van der Waals surface area (Å²) in [6.45, 7) is 1.02. The van der Waals surface area contributed by atoms with Gasteiger partial charge in [-0.25, -0.2) is 4.39 Å². The first-order valence-electron chi connectivity index (χ1n) is 10.5. The van der Waals surface area contributed by atoms with Gasteiger partial charge in [0, 0.05) is 55.1 Å². The van der Waals surface area contributed by atoms with Crippen molar-refractivity contribution in [2.75, 3.05) is 13.1 Å². The minimum atomic E-state index is -0.412. The number of aryl methyl sites for hydroxylation is 1. The zero-order valence-electron chi connectivity index (χ0n) is 17.2. The van der Waals surface area contributed by atoms with Crippen LogP contribution in [0.25, 0.3) is 11.1 Å². The first-order chi connectivity index (χ1) is 15.1. The van der Waals surface area contributed by atoms with Gasteiger partial charge in [0.05, 0.1) is 5.69 Å². The second-order valence-corrected chi connectivity index (χ2v) is 7.80. The van der Waals surface area contributed by atoms with Crippen LogP contribution in [-0.4, -0.2) is 39.6 Å². The number of ketones is 1. The van der Waals surface area contributed by atoms with E-state index in [4.69, 9.17) is 0 Å². The van der Waals surface area contributed by atoms with E-state index in [0.717, 1.165) is 17.7 Å². The van der Waals surface area contributed by atoms with Gasteiger partial charge in [0.1, 0.15) is 5.82 Å². The third-order valence-electron chi connectivity index (χ3n) is 5.69. The van der Waals surface area contributed by atoms with E-state index in [2.05, 4.69) is 9.97 Å². The van der Waals surface area contributed by atoms with Gasteiger partial charge in [-0.15, -0.1) is 0 Å². The third-order valence-corrected chi connectivity index (χ3v) is 5.69. The number of carbonyl (C=O) groups is 2. The standard InChI is InChI=1S/C25H24FN3O2/c26-23-15-19(8-10-22(23)18-5-2-1-3-6-18)25(31)20-7-4-14-29(17-20)24(30)11-9-21-16-27-12-13-28-21/h1-3,5-6,8,10,12-13,15-16,20H,4,7,9,11,14,17H2. The lowest BCUT2D eigenvalue weighted by molar-refractivity contribution is -0.132. The fourth-order valence-corrected chi connectivity index (χ4v) is 4.03. The van der Waals surface area contributed by atoms with Crippen molar-refractivity contribution in [2.24, 2.45) is 5.92 Å². The number of carbonyl (C=O) groups excluding carboxylic acids is 2. The Morgan fingerprint density at radius 2 is 1.94 bits per heavy atom. The number of piperidine rings is 1. The molecule has 1 amide bonds. The average molecular weight is 417 g/mol. The van der Waals surface area contributed by atoms with Crippen LogP contribution in [-0.2, 0) is 11.2 Å². The molecule has 4 rings (SSSR count). The van der Waals surface area contributed by atoms with E-state index in [1.54, 1.807) is 35.6 Å². The SMILES string of the molecule is O=C(c1ccc(-c2ccccc2)c(F)c1)C1CCCN(C(=O)CCc2cnccn2)C1. The second-order valence-electron chi connectivity index (χ2n) is 7.80. The van der Waals surface area contributed by atoms with Crippen molar-refractivity contribution >= 4 is 11.7 Å². The molecule has 1 saturated heterocycles. The van der Waals surface area contributed by atoms with Crippen LogP contribution in [0.3, 0.4) is 0 Å². The van der Waals surface area contributed by atoms with Crippen LogP contribution in [0, 0.1) is 11.7 Å². The fraction of sp³-hybridized carbons (Fsp3) is 0.280. The van der Waals surface area contributed by atoms with Gasteiger partial charge in [0.2, 0.25) is 5.91 Å². The Labute approximate surface area is 181 Å². The quantitative estimate of drug-likeness (QED) is 0.560. The van der Waals surface area contributed by atoms with Crippen LogP contribution in [0.1, 0.15) is 35.3 Å². The number of Topliss-reactive ketones (excluding diaryl/α,β-unsaturated/α-hetero) is 1. The van der Waals surface area contributed by atoms with Crippen LogP contribution in [0.4, 0.5) is 4.39 Å². The van der Waals surface area contributed by atoms with Crippen molar-refractivity contribution < 1.29 is 14.0 Å². The number of benzene rings is 2. The Morgan fingerprint density at radius 1 is 1.10 bits per heavy atom. The van der Waals surface area contributed by atoms with Gasteiger partial charge in [-0.3, -0.25) is 19.6 Å². The second kappa shape index (κ2) is 9.60. The number of amides is 1. The molecule has 3 aromatic rings. The topological polar surface area (TPSA) is 63.2 Å². The summed E-state index contributed by atoms with van der Waals surface area (Å²) in [7, 11) is 0. The fourth-order valence-electron chi connectivity index (χ4n) is 4.03. The summed E-state index contributed by atoms with van der Waals surface area (Å²) in [5.74, 6) is -0.820. The highest BCUT2D eigenvalue weighted by atomic mass is 19.1. The first kappa shape index (κ1) is 20.8. The molecule has 0 saturated carbocycles. The monoisotopic (exact) mass is 417 g/mol. The van der Waals surface area contributed by atoms with E-state index >= 15 is 0 Å². The molecule has 1 aromatic heterocycles. The van der Waals surface area contributed by atoms with Crippen molar-refractivity contribution in [3.63, 3.8) is 0 Å². The maximum atomic E-state index is 14.7. The first-order valence-corrected chi connectivity index (χ1v) is 10.5. The minimum Gasteiger partial charge on any atom is -0.342 e. The predicted molar refractivity (Wildman–Crippen MR) is 116 cm³/mol. The van der Waals surface area contributed by atoms with E-state index in [-0.39, 0.29) is 17.6 Å². The highest BCUT2D eigenvalue weighted by Crippen LogP contribution is 2.26. The van der Waals surface area contributed by atoms with Crippen molar-refractivity contribution in [1.29, 1.82) is 0 Å². The van der Waals surface area contributed by atoms with Crippen molar-refractivity contribution in [3.05, 3.63) is 84.2 Å². The number of nitrogens with zero attached hydrogens (tertiary/aromatic N) is 3. The third kappa shape index (κ3) is 5.02. The Kier molecular flexibility index (Phi) is 6.46. The maximum Gasteiger partial charge on any atom is 0.222 e. The van der Waals surface area contributed by atoms with Gasteiger partial charge >= 0.3 is 0 Å². The molecule has 1 aliphatic rings. The van der Waals surface area contributed by atoms with Crippen LogP contribution in [0.5, 0.6) is 0 Å². The molecule has 5 nitrogen and oxygen atoms in total. The molecule has 1 atom stereocenters. The molecule has 2 aromatic carbocycles. The zero-order valence-corrected chi connectivity index (χ0v) is 17.2. The van der Waals surface area contributed by atoms with Crippen molar-refractivity contribution in [3.8, 4) is 11.1 Å². The van der Waals surface area contributed by atoms with Crippen molar-refractivity contribution in [1.82, 2.24) is 14.9 Å². The van der Waals surface area contributed by atoms with Gasteiger partial charge in [-0.05, 0) is 30.9 Å². The molecule has 0 aliphatic carbocycles. The molecule has 6 heteroatoms. The molecule has 0 radical (unpaired) electrons. The summed E-state index contributed by atoms with van der Waals surface area (Å²) in [4.78, 5) is 35.6. The van der Waals surface area contributed by atoms with E-state index in [1.807, 2.05) is 30.3 Å². The van der Waals surface area contributed by atoms with Gasteiger partial charge in [0.25, 0.3) is 0 Å². The average Bonchev–Trinajstić information content (AvgIpc) is 2.83. The molecule has 1 unspecified atom stereocenters. The zero-order chi connectivity index (χ0) is 21.6. The number of halogens is 1. The maximum absolute atomic E-state index is 14.7. The summed E-state index contributed by atoms with van der Waals surface area (Å²) in [6, 6.07) is 13.9. The molecule has 1 aliphatic heterocycles. The summed E-state index contributed by atoms with van der Waals surface area (Å²) < 4.78 is 14.7. The Bertz CT molecular complexity index is 1060. The molecule has 0 bridgehead atoms. The predicted octanol–water partition coefficient (Wildman–Crippen LogP) is 4.34. The summed E-state index contributed by atoms with van der Waals surface area (Å²) in [6.07, 6.45) is 7.18. The summed E-state index contributed by atoms with van der Waals surface area (Å²) in [5.41, 5.74) is 2.38. The smallest absolute Gasteiger partial charge is 0.222 e. The number of hydrogen-bond donors (Lipinski definition) is 0. The van der Waals surface area contributed by atoms with Gasteiger partial charge in [-0.1, -0.05) is 42.5 Å². The van der Waals surface area contributed by atoms with Gasteiger partial charge < -0.3 is 4.90 Å². The largest absolute Gasteiger partial charge is 0.342 e. The van der Waals surface area contributed by atoms with E-state index < -0.39 is 5.82 Å². The lowest BCUT2D eigenvalue weighted by Gasteiger charge is -2.32. The summed E-state index contributed by atoms with van der Waals surface area (Å²) in [5, 5.41) is 0. The lowest BCUT2D eigenvalue weighted by Crippen LogP contribution is -2.42. The Hall–Kier alpha value is -3.41. The van der Waals surface area contributed by atoms with Crippen molar-refractivity contribution in [2.45, 2.75) is 25.7 Å². The van der Waals surface area contributed by atoms with E-state index in [1.165, 1.54) is 6.07 Å². The number of hydrogen-bond acceptors (Lipinski definition) is 4. The normalized spacial score (nSPS) is 16.2. The van der Waals surface area contributed by atoms with Crippen LogP contribution in [0.2, 0.25) is 0 Å². The number of aromatic nitrogens is 2. The molecular weight excluding hydrogens is 393 g/mol. The Balaban J connectivity index is 1.40. The van der Waals surface area contributed by atoms with E-state index in [0.29, 0.717) is 43.5 Å². The highest BCUT2D eigenvalue weighted by Gasteiger charge is 2.29. The lowest BCUT2D eigenvalue weighted by atomic mass is 9.89. The van der Waals surface area contributed by atoms with Gasteiger partial charge in [-0.2, -0.15) is 0 Å².